The topological polar surface area (TPSA) is 6.48 Å². The Morgan fingerprint density at radius 2 is 0.750 bits per heavy atom. The zero-order valence-electron chi connectivity index (χ0n) is 26.3. The van der Waals surface area contributed by atoms with Crippen LogP contribution < -0.4 is 9.80 Å². The number of rotatable bonds is 0. The van der Waals surface area contributed by atoms with Gasteiger partial charge in [-0.05, 0) is 80.3 Å². The Kier molecular flexibility index (Phi) is 4.70. The summed E-state index contributed by atoms with van der Waals surface area (Å²) in [6, 6.07) is 46.4. The van der Waals surface area contributed by atoms with E-state index in [2.05, 4.69) is 155 Å². The predicted octanol–water partition coefficient (Wildman–Crippen LogP) is 11.4. The maximum absolute atomic E-state index is 2.64. The van der Waals surface area contributed by atoms with Gasteiger partial charge in [-0.1, -0.05) is 133 Å². The molecule has 2 unspecified atom stereocenters. The van der Waals surface area contributed by atoms with Gasteiger partial charge >= 0.3 is 0 Å². The van der Waals surface area contributed by atoms with Crippen LogP contribution in [0.25, 0.3) is 44.2 Å². The molecule has 6 aromatic carbocycles. The first-order chi connectivity index (χ1) is 23.9. The van der Waals surface area contributed by atoms with Crippen LogP contribution in [0.1, 0.15) is 58.3 Å². The molecule has 0 saturated heterocycles. The molecule has 12 rings (SSSR count). The van der Waals surface area contributed by atoms with E-state index in [0.29, 0.717) is 0 Å². The van der Waals surface area contributed by atoms with Gasteiger partial charge in [0.2, 0.25) is 0 Å². The van der Waals surface area contributed by atoms with Gasteiger partial charge < -0.3 is 9.80 Å². The van der Waals surface area contributed by atoms with Crippen molar-refractivity contribution in [3.63, 3.8) is 0 Å². The second-order valence-electron chi connectivity index (χ2n) is 13.8. The van der Waals surface area contributed by atoms with Crippen molar-refractivity contribution in [3.05, 3.63) is 190 Å². The highest BCUT2D eigenvalue weighted by molar-refractivity contribution is 6.15. The zero-order chi connectivity index (χ0) is 31.1. The van der Waals surface area contributed by atoms with Crippen molar-refractivity contribution >= 4 is 33.3 Å². The fraction of sp³-hybridized carbons (Fsp3) is 0.0870. The lowest BCUT2D eigenvalue weighted by molar-refractivity contribution is 0.770. The molecule has 48 heavy (non-hydrogen) atoms. The van der Waals surface area contributed by atoms with E-state index < -0.39 is 0 Å². The number of benzene rings is 6. The standard InChI is InChI=1S/C46H30N2/c1-5-15-35-27(11-1)29-19-9-21-39(29)47-41-25-23-34-33(43(41)31-13-3-7-17-37(31)45(35)47)24-26-42-44(34)32-14-4-8-18-38(32)46-36-16-6-2-12-28(36)30-20-10-22-40(30)48(42)46/h1-8,11-26,45-46H,9-10H2. The van der Waals surface area contributed by atoms with Crippen molar-refractivity contribution in [2.24, 2.45) is 0 Å². The Labute approximate surface area is 279 Å². The molecule has 6 aromatic rings. The maximum atomic E-state index is 2.64. The minimum absolute atomic E-state index is 0.149. The van der Waals surface area contributed by atoms with Crippen LogP contribution in [0, 0.1) is 0 Å². The first-order valence-corrected chi connectivity index (χ1v) is 17.2. The highest BCUT2D eigenvalue weighted by Crippen LogP contribution is 2.61. The van der Waals surface area contributed by atoms with Crippen molar-refractivity contribution in [1.82, 2.24) is 0 Å². The summed E-state index contributed by atoms with van der Waals surface area (Å²) in [5.74, 6) is 0. The molecular formula is C46H30N2. The van der Waals surface area contributed by atoms with E-state index in [1.807, 2.05) is 0 Å². The Morgan fingerprint density at radius 1 is 0.375 bits per heavy atom. The summed E-state index contributed by atoms with van der Waals surface area (Å²) in [6.45, 7) is 0. The van der Waals surface area contributed by atoms with Gasteiger partial charge in [0.15, 0.2) is 0 Å². The number of allylic oxidation sites excluding steroid dienone is 6. The molecule has 4 heterocycles. The fourth-order valence-corrected chi connectivity index (χ4v) is 9.90. The Hall–Kier alpha value is -5.86. The van der Waals surface area contributed by atoms with Crippen LogP contribution in [0.2, 0.25) is 0 Å². The van der Waals surface area contributed by atoms with E-state index >= 15 is 0 Å². The molecule has 2 heteroatoms. The Balaban J connectivity index is 1.16. The lowest BCUT2D eigenvalue weighted by atomic mass is 9.75. The number of anilines is 2. The highest BCUT2D eigenvalue weighted by atomic mass is 15.2. The van der Waals surface area contributed by atoms with Crippen LogP contribution >= 0.6 is 0 Å². The predicted molar refractivity (Wildman–Crippen MR) is 198 cm³/mol. The van der Waals surface area contributed by atoms with E-state index in [1.54, 1.807) is 0 Å². The normalized spacial score (nSPS) is 19.9. The van der Waals surface area contributed by atoms with Crippen molar-refractivity contribution in [3.8, 4) is 22.3 Å². The van der Waals surface area contributed by atoms with Crippen LogP contribution in [-0.4, -0.2) is 0 Å². The smallest absolute Gasteiger partial charge is 0.0857 e. The van der Waals surface area contributed by atoms with E-state index in [0.717, 1.165) is 12.8 Å². The highest BCUT2D eigenvalue weighted by Gasteiger charge is 2.44. The van der Waals surface area contributed by atoms with Crippen molar-refractivity contribution in [2.45, 2.75) is 24.9 Å². The van der Waals surface area contributed by atoms with Crippen LogP contribution in [0.4, 0.5) is 11.4 Å². The third-order valence-electron chi connectivity index (χ3n) is 11.7. The van der Waals surface area contributed by atoms with Gasteiger partial charge in [0.25, 0.3) is 0 Å². The molecule has 6 aliphatic rings. The third kappa shape index (κ3) is 2.96. The minimum Gasteiger partial charge on any atom is -0.329 e. The molecule has 0 radical (unpaired) electrons. The molecule has 2 aliphatic carbocycles. The summed E-state index contributed by atoms with van der Waals surface area (Å²) in [7, 11) is 0. The van der Waals surface area contributed by atoms with E-state index in [1.165, 1.54) is 100 Å². The summed E-state index contributed by atoms with van der Waals surface area (Å²) in [5.41, 5.74) is 21.7. The molecular weight excluding hydrogens is 581 g/mol. The molecule has 2 nitrogen and oxygen atoms in total. The van der Waals surface area contributed by atoms with E-state index in [-0.39, 0.29) is 12.1 Å². The van der Waals surface area contributed by atoms with Gasteiger partial charge in [-0.15, -0.1) is 0 Å². The van der Waals surface area contributed by atoms with Crippen LogP contribution in [0.3, 0.4) is 0 Å². The van der Waals surface area contributed by atoms with Crippen molar-refractivity contribution in [1.29, 1.82) is 0 Å². The van der Waals surface area contributed by atoms with E-state index in [4.69, 9.17) is 0 Å². The van der Waals surface area contributed by atoms with Gasteiger partial charge in [0.05, 0.1) is 23.5 Å². The maximum Gasteiger partial charge on any atom is 0.0857 e. The molecule has 0 spiro atoms. The molecule has 4 aliphatic heterocycles. The third-order valence-corrected chi connectivity index (χ3v) is 11.7. The van der Waals surface area contributed by atoms with Gasteiger partial charge in [0, 0.05) is 33.7 Å². The fourth-order valence-electron chi connectivity index (χ4n) is 9.90. The number of hydrogen-bond acceptors (Lipinski definition) is 2. The summed E-state index contributed by atoms with van der Waals surface area (Å²) in [6.07, 6.45) is 11.6. The Bertz CT molecular complexity index is 2410. The average molecular weight is 611 g/mol. The SMILES string of the molecule is C1=C2C(=CC1)N1c3ccc4c5c(ccc4c3-c3ccccc3C1c1ccccc12)N1C2=CCC=C2c2ccccc2C1c1ccccc1-5. The molecule has 2 atom stereocenters. The van der Waals surface area contributed by atoms with Gasteiger partial charge in [-0.25, -0.2) is 0 Å². The number of nitrogens with zero attached hydrogens (tertiary/aromatic N) is 2. The first-order valence-electron chi connectivity index (χ1n) is 17.2. The molecule has 0 bridgehead atoms. The second kappa shape index (κ2) is 8.93. The Morgan fingerprint density at radius 3 is 1.19 bits per heavy atom. The summed E-state index contributed by atoms with van der Waals surface area (Å²) >= 11 is 0. The lowest BCUT2D eigenvalue weighted by Gasteiger charge is -2.47. The average Bonchev–Trinajstić information content (AvgIpc) is 3.85. The zero-order valence-corrected chi connectivity index (χ0v) is 26.3. The summed E-state index contributed by atoms with van der Waals surface area (Å²) in [5, 5.41) is 2.64. The number of fused-ring (bicyclic) bond motifs is 25. The molecule has 0 fully saturated rings. The van der Waals surface area contributed by atoms with Crippen LogP contribution in [0.15, 0.2) is 157 Å². The molecule has 0 aromatic heterocycles. The molecule has 0 amide bonds. The number of hydrogen-bond donors (Lipinski definition) is 0. The van der Waals surface area contributed by atoms with Crippen LogP contribution in [-0.2, 0) is 0 Å². The van der Waals surface area contributed by atoms with Crippen molar-refractivity contribution in [2.75, 3.05) is 9.80 Å². The minimum atomic E-state index is 0.149. The van der Waals surface area contributed by atoms with Gasteiger partial charge in [0.1, 0.15) is 0 Å². The largest absolute Gasteiger partial charge is 0.329 e. The van der Waals surface area contributed by atoms with Gasteiger partial charge in [-0.3, -0.25) is 0 Å². The second-order valence-corrected chi connectivity index (χ2v) is 13.8. The molecule has 0 N–H and O–H groups in total. The van der Waals surface area contributed by atoms with Crippen molar-refractivity contribution < 1.29 is 0 Å². The monoisotopic (exact) mass is 610 g/mol. The van der Waals surface area contributed by atoms with Gasteiger partial charge in [-0.2, -0.15) is 0 Å². The summed E-state index contributed by atoms with van der Waals surface area (Å²) in [4.78, 5) is 5.29. The van der Waals surface area contributed by atoms with Crippen LogP contribution in [0.5, 0.6) is 0 Å². The quantitative estimate of drug-likeness (QED) is 0.169. The first kappa shape index (κ1) is 25.3. The molecule has 224 valence electrons. The summed E-state index contributed by atoms with van der Waals surface area (Å²) < 4.78 is 0. The molecule has 0 saturated carbocycles. The van der Waals surface area contributed by atoms with E-state index in [9.17, 15) is 0 Å². The lowest BCUT2D eigenvalue weighted by Crippen LogP contribution is -2.36.